The molecule has 4 rings (SSSR count). The monoisotopic (exact) mass is 431 g/mol. The van der Waals surface area contributed by atoms with E-state index in [9.17, 15) is 18.0 Å². The molecule has 0 atom stereocenters. The van der Waals surface area contributed by atoms with E-state index in [0.29, 0.717) is 24.5 Å². The molecule has 0 unspecified atom stereocenters. The van der Waals surface area contributed by atoms with Gasteiger partial charge in [-0.25, -0.2) is 8.42 Å². The van der Waals surface area contributed by atoms with Crippen LogP contribution in [0.3, 0.4) is 0 Å². The number of rotatable bonds is 6. The molecule has 0 radical (unpaired) electrons. The summed E-state index contributed by atoms with van der Waals surface area (Å²) in [5.74, 6) is -0.257. The minimum atomic E-state index is -3.48. The minimum Gasteiger partial charge on any atom is -0.459 e. The molecule has 0 aliphatic carbocycles. The van der Waals surface area contributed by atoms with E-state index in [1.54, 1.807) is 35.2 Å². The summed E-state index contributed by atoms with van der Waals surface area (Å²) >= 11 is 0. The second-order valence-corrected chi connectivity index (χ2v) is 9.47. The summed E-state index contributed by atoms with van der Waals surface area (Å²) in [6.45, 7) is 1.91. The molecule has 2 aliphatic heterocycles. The molecule has 1 aromatic carbocycles. The largest absolute Gasteiger partial charge is 0.459 e. The number of carbonyl (C=O) groups is 2. The van der Waals surface area contributed by atoms with Crippen molar-refractivity contribution in [2.24, 2.45) is 0 Å². The molecule has 1 N–H and O–H groups in total. The van der Waals surface area contributed by atoms with Gasteiger partial charge in [-0.3, -0.25) is 9.59 Å². The molecule has 9 heteroatoms. The first-order chi connectivity index (χ1) is 14.5. The third-order valence-electron chi connectivity index (χ3n) is 5.54. The number of nitrogens with one attached hydrogen (secondary N) is 1. The van der Waals surface area contributed by atoms with Crippen LogP contribution in [0.25, 0.3) is 0 Å². The molecule has 0 saturated carbocycles. The minimum absolute atomic E-state index is 0.106. The third kappa shape index (κ3) is 4.13. The molecule has 2 aromatic rings. The average Bonchev–Trinajstić information content (AvgIpc) is 3.47. The van der Waals surface area contributed by atoms with Crippen LogP contribution in [-0.2, 0) is 21.2 Å². The molecule has 1 aromatic heterocycles. The zero-order valence-corrected chi connectivity index (χ0v) is 17.5. The number of nitrogens with zero attached hydrogens (tertiary/aromatic N) is 2. The first-order valence-electron chi connectivity index (χ1n) is 10.2. The Labute approximate surface area is 175 Å². The van der Waals surface area contributed by atoms with Gasteiger partial charge in [0.25, 0.3) is 5.91 Å². The molecule has 0 bridgehead atoms. The van der Waals surface area contributed by atoms with Crippen LogP contribution in [0.1, 0.15) is 41.8 Å². The van der Waals surface area contributed by atoms with Gasteiger partial charge in [-0.15, -0.1) is 0 Å². The number of anilines is 1. The lowest BCUT2D eigenvalue weighted by atomic mass is 10.0. The summed E-state index contributed by atoms with van der Waals surface area (Å²) < 4.78 is 32.2. The van der Waals surface area contributed by atoms with E-state index in [1.165, 1.54) is 10.6 Å². The number of sulfonamides is 1. The van der Waals surface area contributed by atoms with Crippen molar-refractivity contribution in [3.8, 4) is 0 Å². The number of carbonyl (C=O) groups excluding carboxylic acids is 2. The SMILES string of the molecule is O=C(NCCC(=O)N1CCCc2cc(S(=O)(=O)N3CCCC3)ccc21)c1ccco1. The predicted molar refractivity (Wildman–Crippen MR) is 111 cm³/mol. The Morgan fingerprint density at radius 2 is 1.87 bits per heavy atom. The van der Waals surface area contributed by atoms with E-state index >= 15 is 0 Å². The normalized spacial score (nSPS) is 17.0. The fourth-order valence-electron chi connectivity index (χ4n) is 3.98. The Morgan fingerprint density at radius 3 is 2.60 bits per heavy atom. The predicted octanol–water partition coefficient (Wildman–Crippen LogP) is 2.16. The maximum absolute atomic E-state index is 12.8. The van der Waals surface area contributed by atoms with E-state index in [0.717, 1.165) is 36.9 Å². The zero-order valence-electron chi connectivity index (χ0n) is 16.7. The molecule has 0 spiro atoms. The van der Waals surface area contributed by atoms with Crippen molar-refractivity contribution in [3.63, 3.8) is 0 Å². The molecule has 3 heterocycles. The Balaban J connectivity index is 1.43. The first-order valence-corrected chi connectivity index (χ1v) is 11.7. The zero-order chi connectivity index (χ0) is 21.1. The molecule has 2 aliphatic rings. The van der Waals surface area contributed by atoms with Gasteiger partial charge in [0.2, 0.25) is 15.9 Å². The van der Waals surface area contributed by atoms with Gasteiger partial charge in [0.05, 0.1) is 11.2 Å². The van der Waals surface area contributed by atoms with Crippen molar-refractivity contribution in [2.45, 2.75) is 37.0 Å². The fourth-order valence-corrected chi connectivity index (χ4v) is 5.55. The summed E-state index contributed by atoms with van der Waals surface area (Å²) in [4.78, 5) is 26.6. The van der Waals surface area contributed by atoms with Gasteiger partial charge in [-0.1, -0.05) is 0 Å². The van der Waals surface area contributed by atoms with Crippen LogP contribution in [0.4, 0.5) is 5.69 Å². The van der Waals surface area contributed by atoms with Crippen molar-refractivity contribution in [1.29, 1.82) is 0 Å². The van der Waals surface area contributed by atoms with Crippen LogP contribution in [0.2, 0.25) is 0 Å². The molecule has 160 valence electrons. The Hall–Kier alpha value is -2.65. The molecular formula is C21H25N3O5S. The van der Waals surface area contributed by atoms with Crippen molar-refractivity contribution in [1.82, 2.24) is 9.62 Å². The summed E-state index contributed by atoms with van der Waals surface area (Å²) in [6, 6.07) is 8.23. The summed E-state index contributed by atoms with van der Waals surface area (Å²) in [5.41, 5.74) is 1.62. The molecule has 2 amide bonds. The Bertz CT molecular complexity index is 1030. The van der Waals surface area contributed by atoms with Crippen LogP contribution in [0, 0.1) is 0 Å². The number of furan rings is 1. The smallest absolute Gasteiger partial charge is 0.286 e. The van der Waals surface area contributed by atoms with Crippen LogP contribution in [0.15, 0.2) is 45.9 Å². The van der Waals surface area contributed by atoms with Gasteiger partial charge in [-0.05, 0) is 61.6 Å². The number of benzene rings is 1. The lowest BCUT2D eigenvalue weighted by molar-refractivity contribution is -0.118. The van der Waals surface area contributed by atoms with E-state index in [-0.39, 0.29) is 30.5 Å². The molecule has 8 nitrogen and oxygen atoms in total. The number of fused-ring (bicyclic) bond motifs is 1. The molecule has 30 heavy (non-hydrogen) atoms. The van der Waals surface area contributed by atoms with Crippen LogP contribution in [-0.4, -0.2) is 50.7 Å². The maximum Gasteiger partial charge on any atom is 0.286 e. The van der Waals surface area contributed by atoms with Crippen LogP contribution in [0.5, 0.6) is 0 Å². The number of aryl methyl sites for hydroxylation is 1. The van der Waals surface area contributed by atoms with E-state index in [2.05, 4.69) is 5.32 Å². The van der Waals surface area contributed by atoms with Gasteiger partial charge >= 0.3 is 0 Å². The van der Waals surface area contributed by atoms with Crippen molar-refractivity contribution < 1.29 is 22.4 Å². The molecule has 1 fully saturated rings. The lowest BCUT2D eigenvalue weighted by Crippen LogP contribution is -2.38. The van der Waals surface area contributed by atoms with Gasteiger partial charge < -0.3 is 14.6 Å². The standard InChI is InChI=1S/C21H25N3O5S/c25-20(9-10-22-21(26)19-6-4-14-29-19)24-13-3-5-16-15-17(7-8-18(16)24)30(27,28)23-11-1-2-12-23/h4,6-8,14-15H,1-3,5,9-13H2,(H,22,26). The molecular weight excluding hydrogens is 406 g/mol. The van der Waals surface area contributed by atoms with Gasteiger partial charge in [0, 0.05) is 38.3 Å². The number of amides is 2. The highest BCUT2D eigenvalue weighted by Gasteiger charge is 2.29. The summed E-state index contributed by atoms with van der Waals surface area (Å²) in [5, 5.41) is 2.67. The fraction of sp³-hybridized carbons (Fsp3) is 0.429. The van der Waals surface area contributed by atoms with Crippen LogP contribution >= 0.6 is 0 Å². The number of hydrogen-bond acceptors (Lipinski definition) is 5. The maximum atomic E-state index is 12.8. The quantitative estimate of drug-likeness (QED) is 0.756. The lowest BCUT2D eigenvalue weighted by Gasteiger charge is -2.30. The van der Waals surface area contributed by atoms with E-state index in [4.69, 9.17) is 4.42 Å². The average molecular weight is 432 g/mol. The van der Waals surface area contributed by atoms with Gasteiger partial charge in [-0.2, -0.15) is 4.31 Å². The highest BCUT2D eigenvalue weighted by atomic mass is 32.2. The second kappa shape index (κ2) is 8.61. The highest BCUT2D eigenvalue weighted by Crippen LogP contribution is 2.31. The van der Waals surface area contributed by atoms with E-state index in [1.807, 2.05) is 0 Å². The summed E-state index contributed by atoms with van der Waals surface area (Å²) in [7, 11) is -3.48. The van der Waals surface area contributed by atoms with E-state index < -0.39 is 10.0 Å². The van der Waals surface area contributed by atoms with Crippen molar-refractivity contribution >= 4 is 27.5 Å². The topological polar surface area (TPSA) is 99.9 Å². The number of hydrogen-bond donors (Lipinski definition) is 1. The van der Waals surface area contributed by atoms with Crippen molar-refractivity contribution in [3.05, 3.63) is 47.9 Å². The first kappa shape index (κ1) is 20.6. The Kier molecular flexibility index (Phi) is 5.92. The summed E-state index contributed by atoms with van der Waals surface area (Å²) in [6.07, 6.45) is 4.86. The third-order valence-corrected chi connectivity index (χ3v) is 7.44. The van der Waals surface area contributed by atoms with Gasteiger partial charge in [0.1, 0.15) is 0 Å². The second-order valence-electron chi connectivity index (χ2n) is 7.53. The van der Waals surface area contributed by atoms with Crippen molar-refractivity contribution in [2.75, 3.05) is 31.1 Å². The Morgan fingerprint density at radius 1 is 1.07 bits per heavy atom. The molecule has 1 saturated heterocycles. The van der Waals surface area contributed by atoms with Crippen LogP contribution < -0.4 is 10.2 Å². The highest BCUT2D eigenvalue weighted by molar-refractivity contribution is 7.89. The van der Waals surface area contributed by atoms with Gasteiger partial charge in [0.15, 0.2) is 5.76 Å².